The largest absolute Gasteiger partial charge is 0.324 e. The Bertz CT molecular complexity index is 1720. The average molecular weight is 563 g/mol. The van der Waals surface area contributed by atoms with E-state index in [-0.39, 0.29) is 5.56 Å². The van der Waals surface area contributed by atoms with Gasteiger partial charge in [0.1, 0.15) is 11.3 Å². The summed E-state index contributed by atoms with van der Waals surface area (Å²) in [6.45, 7) is 3.40. The SMILES string of the molecule is CN(C)CCn1c(=O)c(-c2cnc(-c3cnccn3)nc2)cc2cnc(Nc3ccc(C4CCCN(C)C4)cc3)nc21. The summed E-state index contributed by atoms with van der Waals surface area (Å²) in [5.41, 5.74) is 4.33. The van der Waals surface area contributed by atoms with Gasteiger partial charge in [-0.1, -0.05) is 12.1 Å². The van der Waals surface area contributed by atoms with Crippen molar-refractivity contribution in [1.29, 1.82) is 0 Å². The molecule has 4 aromatic heterocycles. The first-order valence-corrected chi connectivity index (χ1v) is 14.1. The molecular formula is C31H34N10O. The van der Waals surface area contributed by atoms with E-state index in [1.165, 1.54) is 24.9 Å². The molecule has 1 fully saturated rings. The zero-order chi connectivity index (χ0) is 29.1. The van der Waals surface area contributed by atoms with E-state index in [0.29, 0.717) is 53.2 Å². The van der Waals surface area contributed by atoms with Gasteiger partial charge in [0, 0.05) is 67.3 Å². The van der Waals surface area contributed by atoms with E-state index in [1.54, 1.807) is 41.7 Å². The molecule has 214 valence electrons. The van der Waals surface area contributed by atoms with Gasteiger partial charge in [-0.3, -0.25) is 14.3 Å². The van der Waals surface area contributed by atoms with E-state index < -0.39 is 0 Å². The lowest BCUT2D eigenvalue weighted by Gasteiger charge is -2.30. The molecule has 1 saturated heterocycles. The number of piperidine rings is 1. The van der Waals surface area contributed by atoms with E-state index in [1.807, 2.05) is 25.1 Å². The predicted molar refractivity (Wildman–Crippen MR) is 164 cm³/mol. The number of likely N-dealkylation sites (tertiary alicyclic amines) is 1. The van der Waals surface area contributed by atoms with Crippen LogP contribution in [0.3, 0.4) is 0 Å². The molecule has 0 spiro atoms. The number of anilines is 2. The molecule has 5 aromatic rings. The van der Waals surface area contributed by atoms with Crippen molar-refractivity contribution >= 4 is 22.7 Å². The maximum atomic E-state index is 13.8. The number of benzene rings is 1. The lowest BCUT2D eigenvalue weighted by atomic mass is 9.91. The van der Waals surface area contributed by atoms with Crippen LogP contribution in [0.2, 0.25) is 0 Å². The number of nitrogens with zero attached hydrogens (tertiary/aromatic N) is 9. The molecule has 1 aliphatic rings. The van der Waals surface area contributed by atoms with Gasteiger partial charge in [-0.25, -0.2) is 19.9 Å². The molecule has 42 heavy (non-hydrogen) atoms. The molecule has 1 aromatic carbocycles. The van der Waals surface area contributed by atoms with Gasteiger partial charge in [0.05, 0.1) is 11.8 Å². The second-order valence-electron chi connectivity index (χ2n) is 11.0. The maximum absolute atomic E-state index is 13.8. The zero-order valence-electron chi connectivity index (χ0n) is 24.1. The number of rotatable bonds is 8. The van der Waals surface area contributed by atoms with Crippen LogP contribution in [0.5, 0.6) is 0 Å². The summed E-state index contributed by atoms with van der Waals surface area (Å²) in [6, 6.07) is 10.3. The molecule has 1 N–H and O–H groups in total. The minimum Gasteiger partial charge on any atom is -0.324 e. The monoisotopic (exact) mass is 562 g/mol. The summed E-state index contributed by atoms with van der Waals surface area (Å²) in [7, 11) is 6.14. The lowest BCUT2D eigenvalue weighted by Crippen LogP contribution is -2.30. The summed E-state index contributed by atoms with van der Waals surface area (Å²) in [5.74, 6) is 1.44. The molecule has 11 nitrogen and oxygen atoms in total. The average Bonchev–Trinajstić information content (AvgIpc) is 3.01. The Balaban J connectivity index is 1.30. The van der Waals surface area contributed by atoms with Crippen LogP contribution in [0.1, 0.15) is 24.3 Å². The molecule has 1 aliphatic heterocycles. The Labute approximate surface area is 244 Å². The van der Waals surface area contributed by atoms with Gasteiger partial charge in [0.25, 0.3) is 5.56 Å². The zero-order valence-corrected chi connectivity index (χ0v) is 24.1. The molecular weight excluding hydrogens is 528 g/mol. The molecule has 6 rings (SSSR count). The Morgan fingerprint density at radius 1 is 1.00 bits per heavy atom. The topological polar surface area (TPSA) is 118 Å². The third-order valence-electron chi connectivity index (χ3n) is 7.62. The highest BCUT2D eigenvalue weighted by atomic mass is 16.1. The minimum atomic E-state index is -0.161. The van der Waals surface area contributed by atoms with Gasteiger partial charge in [0.2, 0.25) is 5.95 Å². The molecule has 0 saturated carbocycles. The van der Waals surface area contributed by atoms with E-state index in [2.05, 4.69) is 66.4 Å². The van der Waals surface area contributed by atoms with E-state index in [4.69, 9.17) is 4.98 Å². The second kappa shape index (κ2) is 12.1. The Hall–Kier alpha value is -4.61. The van der Waals surface area contributed by atoms with Gasteiger partial charge in [-0.15, -0.1) is 0 Å². The number of likely N-dealkylation sites (N-methyl/N-ethyl adjacent to an activating group) is 2. The van der Waals surface area contributed by atoms with Crippen LogP contribution >= 0.6 is 0 Å². The van der Waals surface area contributed by atoms with Crippen molar-refractivity contribution in [2.45, 2.75) is 25.3 Å². The van der Waals surface area contributed by atoms with Gasteiger partial charge >= 0.3 is 0 Å². The summed E-state index contributed by atoms with van der Waals surface area (Å²) in [5, 5.41) is 4.08. The normalized spacial score (nSPS) is 15.8. The van der Waals surface area contributed by atoms with Crippen molar-refractivity contribution in [3.05, 3.63) is 83.4 Å². The van der Waals surface area contributed by atoms with Crippen LogP contribution in [-0.4, -0.2) is 85.0 Å². The van der Waals surface area contributed by atoms with E-state index in [0.717, 1.165) is 17.6 Å². The summed E-state index contributed by atoms with van der Waals surface area (Å²) in [4.78, 5) is 44.8. The number of aromatic nitrogens is 7. The van der Waals surface area contributed by atoms with Crippen molar-refractivity contribution in [3.8, 4) is 22.6 Å². The third kappa shape index (κ3) is 6.02. The highest BCUT2D eigenvalue weighted by molar-refractivity contribution is 5.81. The molecule has 1 atom stereocenters. The van der Waals surface area contributed by atoms with Crippen molar-refractivity contribution in [1.82, 2.24) is 44.3 Å². The smallest absolute Gasteiger partial charge is 0.260 e. The van der Waals surface area contributed by atoms with Crippen LogP contribution in [-0.2, 0) is 6.54 Å². The Morgan fingerprint density at radius 3 is 2.52 bits per heavy atom. The third-order valence-corrected chi connectivity index (χ3v) is 7.62. The van der Waals surface area contributed by atoms with Crippen LogP contribution in [0.25, 0.3) is 33.7 Å². The van der Waals surface area contributed by atoms with Gasteiger partial charge in [-0.2, -0.15) is 4.98 Å². The van der Waals surface area contributed by atoms with Crippen LogP contribution < -0.4 is 10.9 Å². The van der Waals surface area contributed by atoms with Gasteiger partial charge in [0.15, 0.2) is 5.82 Å². The van der Waals surface area contributed by atoms with Crippen molar-refractivity contribution in [2.75, 3.05) is 46.1 Å². The van der Waals surface area contributed by atoms with E-state index >= 15 is 0 Å². The minimum absolute atomic E-state index is 0.161. The number of pyridine rings is 1. The molecule has 1 unspecified atom stereocenters. The quantitative estimate of drug-likeness (QED) is 0.299. The first-order chi connectivity index (χ1) is 20.4. The molecule has 5 heterocycles. The summed E-state index contributed by atoms with van der Waals surface area (Å²) >= 11 is 0. The lowest BCUT2D eigenvalue weighted by molar-refractivity contribution is 0.251. The predicted octanol–water partition coefficient (Wildman–Crippen LogP) is 3.82. The summed E-state index contributed by atoms with van der Waals surface area (Å²) < 4.78 is 1.71. The second-order valence-corrected chi connectivity index (χ2v) is 11.0. The van der Waals surface area contributed by atoms with Gasteiger partial charge < -0.3 is 15.1 Å². The number of hydrogen-bond donors (Lipinski definition) is 1. The summed E-state index contributed by atoms with van der Waals surface area (Å²) in [6.07, 6.45) is 12.3. The van der Waals surface area contributed by atoms with Crippen molar-refractivity contribution < 1.29 is 0 Å². The first kappa shape index (κ1) is 27.6. The standard InChI is InChI=1S/C31H34N10O/c1-39(2)13-14-41-29-23(15-26(30(41)42)24-17-34-28(35-18-24)27-19-32-10-11-33-27)16-36-31(38-29)37-25-8-6-21(7-9-25)22-5-4-12-40(3)20-22/h6-11,15-19,22H,4-5,12-14,20H2,1-3H3,(H,36,37,38). The maximum Gasteiger partial charge on any atom is 0.260 e. The van der Waals surface area contributed by atoms with Crippen LogP contribution in [0.15, 0.2) is 72.3 Å². The first-order valence-electron chi connectivity index (χ1n) is 14.1. The number of nitrogens with one attached hydrogen (secondary N) is 1. The van der Waals surface area contributed by atoms with Crippen LogP contribution in [0, 0.1) is 0 Å². The fraction of sp³-hybridized carbons (Fsp3) is 0.323. The number of hydrogen-bond acceptors (Lipinski definition) is 10. The molecule has 0 bridgehead atoms. The Morgan fingerprint density at radius 2 is 1.81 bits per heavy atom. The van der Waals surface area contributed by atoms with Crippen LogP contribution in [0.4, 0.5) is 11.6 Å². The molecule has 0 radical (unpaired) electrons. The Kier molecular flexibility index (Phi) is 7.93. The highest BCUT2D eigenvalue weighted by Gasteiger charge is 2.19. The highest BCUT2D eigenvalue weighted by Crippen LogP contribution is 2.28. The molecule has 0 aliphatic carbocycles. The fourth-order valence-electron chi connectivity index (χ4n) is 5.35. The van der Waals surface area contributed by atoms with Crippen molar-refractivity contribution in [2.24, 2.45) is 0 Å². The van der Waals surface area contributed by atoms with Gasteiger partial charge in [-0.05, 0) is 70.2 Å². The molecule has 0 amide bonds. The van der Waals surface area contributed by atoms with E-state index in [9.17, 15) is 4.79 Å². The van der Waals surface area contributed by atoms with Crippen molar-refractivity contribution in [3.63, 3.8) is 0 Å². The fourth-order valence-corrected chi connectivity index (χ4v) is 5.35. The number of fused-ring (bicyclic) bond motifs is 1. The molecule has 11 heteroatoms.